The molecule has 0 saturated heterocycles. The lowest BCUT2D eigenvalue weighted by Crippen LogP contribution is -2.11. The summed E-state index contributed by atoms with van der Waals surface area (Å²) in [7, 11) is 1.76. The van der Waals surface area contributed by atoms with Crippen molar-refractivity contribution < 1.29 is 4.79 Å². The zero-order valence-electron chi connectivity index (χ0n) is 15.0. The minimum absolute atomic E-state index is 0.251. The van der Waals surface area contributed by atoms with Gasteiger partial charge in [-0.1, -0.05) is 41.9 Å². The van der Waals surface area contributed by atoms with Gasteiger partial charge in [-0.05, 0) is 34.2 Å². The fourth-order valence-electron chi connectivity index (χ4n) is 2.78. The summed E-state index contributed by atoms with van der Waals surface area (Å²) in [6.45, 7) is 0.488. The average molecular weight is 394 g/mol. The monoisotopic (exact) mass is 393 g/mol. The van der Waals surface area contributed by atoms with Crippen molar-refractivity contribution in [3.63, 3.8) is 0 Å². The van der Waals surface area contributed by atoms with E-state index in [4.69, 9.17) is 11.6 Å². The highest BCUT2D eigenvalue weighted by atomic mass is 35.5. The van der Waals surface area contributed by atoms with Crippen molar-refractivity contribution in [2.75, 3.05) is 5.32 Å². The lowest BCUT2D eigenvalue weighted by Gasteiger charge is -2.06. The minimum atomic E-state index is -0.251. The van der Waals surface area contributed by atoms with Crippen LogP contribution in [0.25, 0.3) is 11.4 Å². The van der Waals surface area contributed by atoms with Crippen LogP contribution >= 0.6 is 11.6 Å². The van der Waals surface area contributed by atoms with E-state index >= 15 is 0 Å². The number of benzene rings is 2. The highest BCUT2D eigenvalue weighted by molar-refractivity contribution is 6.31. The number of hydrogen-bond donors (Lipinski definition) is 1. The molecule has 0 aliphatic carbocycles. The molecule has 0 saturated carbocycles. The molecule has 0 radical (unpaired) electrons. The second-order valence-electron chi connectivity index (χ2n) is 6.18. The molecule has 0 spiro atoms. The maximum absolute atomic E-state index is 12.6. The van der Waals surface area contributed by atoms with Gasteiger partial charge in [0.25, 0.3) is 5.91 Å². The second kappa shape index (κ2) is 7.61. The standard InChI is InChI=1S/C19H16ClN7O/c1-26-18(23-24-25-26)13-6-4-7-16(9-13)22-19(28)15-10-21-27(12-15)11-14-5-2-3-8-17(14)20/h2-10,12H,11H2,1H3,(H,22,28). The van der Waals surface area contributed by atoms with Crippen molar-refractivity contribution >= 4 is 23.2 Å². The molecule has 0 aliphatic rings. The number of rotatable bonds is 5. The van der Waals surface area contributed by atoms with Gasteiger partial charge >= 0.3 is 0 Å². The van der Waals surface area contributed by atoms with Gasteiger partial charge in [-0.3, -0.25) is 9.48 Å². The number of aryl methyl sites for hydroxylation is 1. The zero-order valence-corrected chi connectivity index (χ0v) is 15.7. The maximum atomic E-state index is 12.6. The Hall–Kier alpha value is -3.52. The van der Waals surface area contributed by atoms with Crippen LogP contribution in [0, 0.1) is 0 Å². The largest absolute Gasteiger partial charge is 0.322 e. The first kappa shape index (κ1) is 17.9. The highest BCUT2D eigenvalue weighted by Gasteiger charge is 2.12. The molecule has 2 aromatic heterocycles. The molecule has 140 valence electrons. The molecular formula is C19H16ClN7O. The van der Waals surface area contributed by atoms with E-state index in [9.17, 15) is 4.79 Å². The molecule has 28 heavy (non-hydrogen) atoms. The van der Waals surface area contributed by atoms with Crippen molar-refractivity contribution in [1.82, 2.24) is 30.0 Å². The quantitative estimate of drug-likeness (QED) is 0.562. The van der Waals surface area contributed by atoms with Crippen molar-refractivity contribution in [1.29, 1.82) is 0 Å². The Bertz CT molecular complexity index is 1130. The SMILES string of the molecule is Cn1nnnc1-c1cccc(NC(=O)c2cnn(Cc3ccccc3Cl)c2)c1. The Morgan fingerprint density at radius 1 is 1.18 bits per heavy atom. The third-order valence-electron chi connectivity index (χ3n) is 4.18. The van der Waals surface area contributed by atoms with Gasteiger partial charge in [0.05, 0.1) is 18.3 Å². The Morgan fingerprint density at radius 2 is 2.04 bits per heavy atom. The Kier molecular flexibility index (Phi) is 4.86. The summed E-state index contributed by atoms with van der Waals surface area (Å²) in [5, 5.41) is 19.2. The molecule has 4 aromatic rings. The van der Waals surface area contributed by atoms with Gasteiger partial charge in [-0.25, -0.2) is 4.68 Å². The van der Waals surface area contributed by atoms with E-state index in [1.54, 1.807) is 28.7 Å². The van der Waals surface area contributed by atoms with Crippen LogP contribution in [0.1, 0.15) is 15.9 Å². The number of anilines is 1. The van der Waals surface area contributed by atoms with Crippen molar-refractivity contribution in [2.45, 2.75) is 6.54 Å². The summed E-state index contributed by atoms with van der Waals surface area (Å²) < 4.78 is 3.25. The number of carbonyl (C=O) groups is 1. The molecule has 0 fully saturated rings. The van der Waals surface area contributed by atoms with Crippen molar-refractivity contribution in [2.24, 2.45) is 7.05 Å². The molecular weight excluding hydrogens is 378 g/mol. The van der Waals surface area contributed by atoms with Gasteiger partial charge in [0.2, 0.25) is 0 Å². The molecule has 8 nitrogen and oxygen atoms in total. The Balaban J connectivity index is 1.48. The van der Waals surface area contributed by atoms with Gasteiger partial charge in [0.1, 0.15) is 0 Å². The molecule has 1 N–H and O–H groups in total. The van der Waals surface area contributed by atoms with Crippen LogP contribution in [0.2, 0.25) is 5.02 Å². The molecule has 1 amide bonds. The summed E-state index contributed by atoms with van der Waals surface area (Å²) >= 11 is 6.18. The van der Waals surface area contributed by atoms with E-state index in [0.717, 1.165) is 11.1 Å². The second-order valence-corrected chi connectivity index (χ2v) is 6.59. The third kappa shape index (κ3) is 3.77. The normalized spacial score (nSPS) is 10.8. The predicted octanol–water partition coefficient (Wildman–Crippen LogP) is 3.03. The number of carbonyl (C=O) groups excluding carboxylic acids is 1. The van der Waals surface area contributed by atoms with Gasteiger partial charge in [0.15, 0.2) is 5.82 Å². The van der Waals surface area contributed by atoms with Crippen LogP contribution in [-0.2, 0) is 13.6 Å². The molecule has 0 aliphatic heterocycles. The molecule has 9 heteroatoms. The van der Waals surface area contributed by atoms with Crippen LogP contribution in [0.3, 0.4) is 0 Å². The maximum Gasteiger partial charge on any atom is 0.258 e. The fraction of sp³-hybridized carbons (Fsp3) is 0.105. The first-order chi connectivity index (χ1) is 13.6. The lowest BCUT2D eigenvalue weighted by molar-refractivity contribution is 0.102. The number of halogens is 1. The fourth-order valence-corrected chi connectivity index (χ4v) is 2.98. The molecule has 0 atom stereocenters. The molecule has 4 rings (SSSR count). The number of aromatic nitrogens is 6. The van der Waals surface area contributed by atoms with E-state index in [1.807, 2.05) is 42.5 Å². The molecule has 2 aromatic carbocycles. The van der Waals surface area contributed by atoms with Crippen molar-refractivity contribution in [3.05, 3.63) is 77.1 Å². The van der Waals surface area contributed by atoms with E-state index < -0.39 is 0 Å². The predicted molar refractivity (Wildman–Crippen MR) is 105 cm³/mol. The van der Waals surface area contributed by atoms with Crippen LogP contribution in [0.5, 0.6) is 0 Å². The van der Waals surface area contributed by atoms with Crippen molar-refractivity contribution in [3.8, 4) is 11.4 Å². The summed E-state index contributed by atoms with van der Waals surface area (Å²) in [6, 6.07) is 14.9. The Labute approximate surface area is 165 Å². The van der Waals surface area contributed by atoms with E-state index in [1.165, 1.54) is 6.20 Å². The smallest absolute Gasteiger partial charge is 0.258 e. The molecule has 0 unspecified atom stereocenters. The van der Waals surface area contributed by atoms with E-state index in [0.29, 0.717) is 28.6 Å². The average Bonchev–Trinajstić information content (AvgIpc) is 3.33. The number of nitrogens with zero attached hydrogens (tertiary/aromatic N) is 6. The first-order valence-corrected chi connectivity index (χ1v) is 8.88. The van der Waals surface area contributed by atoms with E-state index in [-0.39, 0.29) is 5.91 Å². The number of tetrazole rings is 1. The number of nitrogens with one attached hydrogen (secondary N) is 1. The third-order valence-corrected chi connectivity index (χ3v) is 4.55. The van der Waals surface area contributed by atoms with Crippen LogP contribution in [-0.4, -0.2) is 35.9 Å². The summed E-state index contributed by atoms with van der Waals surface area (Å²) in [5.74, 6) is 0.363. The first-order valence-electron chi connectivity index (χ1n) is 8.50. The minimum Gasteiger partial charge on any atom is -0.322 e. The van der Waals surface area contributed by atoms with Crippen LogP contribution < -0.4 is 5.32 Å². The summed E-state index contributed by atoms with van der Waals surface area (Å²) in [5.41, 5.74) is 2.84. The summed E-state index contributed by atoms with van der Waals surface area (Å²) in [6.07, 6.45) is 3.22. The van der Waals surface area contributed by atoms with Gasteiger partial charge < -0.3 is 5.32 Å². The van der Waals surface area contributed by atoms with E-state index in [2.05, 4.69) is 25.9 Å². The van der Waals surface area contributed by atoms with Gasteiger partial charge in [0, 0.05) is 29.5 Å². The molecule has 0 bridgehead atoms. The van der Waals surface area contributed by atoms with Gasteiger partial charge in [-0.15, -0.1) is 5.10 Å². The number of amides is 1. The number of hydrogen-bond acceptors (Lipinski definition) is 5. The Morgan fingerprint density at radius 3 is 2.82 bits per heavy atom. The zero-order chi connectivity index (χ0) is 19.5. The van der Waals surface area contributed by atoms with Crippen LogP contribution in [0.15, 0.2) is 60.9 Å². The summed E-state index contributed by atoms with van der Waals surface area (Å²) in [4.78, 5) is 12.6. The highest BCUT2D eigenvalue weighted by Crippen LogP contribution is 2.20. The topological polar surface area (TPSA) is 90.5 Å². The molecule has 2 heterocycles. The van der Waals surface area contributed by atoms with Crippen LogP contribution in [0.4, 0.5) is 5.69 Å². The lowest BCUT2D eigenvalue weighted by atomic mass is 10.2. The van der Waals surface area contributed by atoms with Gasteiger partial charge in [-0.2, -0.15) is 5.10 Å².